The molecule has 2 heterocycles. The molecule has 2 atom stereocenters. The Balaban J connectivity index is 0.000000295. The lowest BCUT2D eigenvalue weighted by Gasteiger charge is -2.21. The van der Waals surface area contributed by atoms with E-state index in [4.69, 9.17) is 52.0 Å². The highest BCUT2D eigenvalue weighted by molar-refractivity contribution is 9.10. The van der Waals surface area contributed by atoms with E-state index in [9.17, 15) is 27.6 Å². The van der Waals surface area contributed by atoms with Crippen molar-refractivity contribution in [2.24, 2.45) is 5.73 Å². The molecule has 0 radical (unpaired) electrons. The summed E-state index contributed by atoms with van der Waals surface area (Å²) in [4.78, 5) is 34.8. The molecule has 19 heteroatoms. The first-order valence-electron chi connectivity index (χ1n) is 16.1. The number of carboxylic acid groups (broad SMARTS) is 3. The molecule has 0 bridgehead atoms. The largest absolute Gasteiger partial charge is 0.497 e. The molecule has 55 heavy (non-hydrogen) atoms. The smallest absolute Gasteiger partial charge is 0.416 e. The third-order valence-electron chi connectivity index (χ3n) is 7.20. The van der Waals surface area contributed by atoms with Crippen LogP contribution in [0.25, 0.3) is 0 Å². The molecule has 0 amide bonds. The predicted octanol–water partition coefficient (Wildman–Crippen LogP) is 8.23. The normalized spacial score (nSPS) is 12.3. The van der Waals surface area contributed by atoms with Crippen molar-refractivity contribution in [2.75, 3.05) is 34.3 Å². The minimum absolute atomic E-state index is 0.0360. The number of nitrogens with two attached hydrogens (primary N) is 1. The number of nitrogens with zero attached hydrogens (tertiary/aromatic N) is 1. The number of ether oxygens (including phenoxy) is 3. The first-order chi connectivity index (χ1) is 25.8. The molecule has 0 aliphatic rings. The maximum atomic E-state index is 12.6. The zero-order chi connectivity index (χ0) is 41.3. The number of aliphatic hydroxyl groups is 1. The fourth-order valence-electron chi connectivity index (χ4n) is 4.52. The number of methoxy groups -OCH3 is 1. The number of aliphatic carboxylic acids is 3. The van der Waals surface area contributed by atoms with Gasteiger partial charge in [-0.2, -0.15) is 13.2 Å². The SMILES string of the molecule is COc1cccc(OC(CCN(C)C)c2sccc2Br)c1.NCCC(Oc1ccc(C(F)(F)F)cc1Cl)c1cccs1.O=C(O)CC(O)(CC(=O)O)C(=O)O. The second-order valence-electron chi connectivity index (χ2n) is 11.8. The van der Waals surface area contributed by atoms with Crippen LogP contribution >= 0.6 is 50.2 Å². The highest BCUT2D eigenvalue weighted by Crippen LogP contribution is 2.38. The molecule has 4 rings (SSSR count). The first kappa shape index (κ1) is 47.2. The number of halogens is 5. The number of carbonyl (C=O) groups is 3. The van der Waals surface area contributed by atoms with Crippen LogP contribution in [0.15, 0.2) is 75.9 Å². The van der Waals surface area contributed by atoms with Crippen molar-refractivity contribution in [2.45, 2.75) is 49.7 Å². The number of thiophene rings is 2. The average Bonchev–Trinajstić information content (AvgIpc) is 3.79. The van der Waals surface area contributed by atoms with Gasteiger partial charge < -0.3 is 45.3 Å². The number of benzene rings is 2. The van der Waals surface area contributed by atoms with Crippen molar-refractivity contribution in [3.8, 4) is 17.2 Å². The maximum absolute atomic E-state index is 12.6. The summed E-state index contributed by atoms with van der Waals surface area (Å²) in [6, 6.07) is 16.6. The Morgan fingerprint density at radius 1 is 0.891 bits per heavy atom. The van der Waals surface area contributed by atoms with Crippen LogP contribution in [0, 0.1) is 0 Å². The van der Waals surface area contributed by atoms with E-state index in [0.717, 1.165) is 45.9 Å². The van der Waals surface area contributed by atoms with E-state index in [0.29, 0.717) is 13.0 Å². The van der Waals surface area contributed by atoms with E-state index in [1.54, 1.807) is 18.4 Å². The lowest BCUT2D eigenvalue weighted by Crippen LogP contribution is -2.42. The molecule has 0 saturated carbocycles. The van der Waals surface area contributed by atoms with Gasteiger partial charge in [0.2, 0.25) is 0 Å². The zero-order valence-electron chi connectivity index (χ0n) is 29.8. The van der Waals surface area contributed by atoms with Crippen molar-refractivity contribution < 1.29 is 62.2 Å². The fraction of sp³-hybridized carbons (Fsp3) is 0.361. The lowest BCUT2D eigenvalue weighted by molar-refractivity contribution is -0.170. The number of hydrogen-bond acceptors (Lipinski definition) is 11. The average molecular weight is 898 g/mol. The first-order valence-corrected chi connectivity index (χ1v) is 19.1. The Kier molecular flexibility index (Phi) is 19.4. The van der Waals surface area contributed by atoms with Crippen LogP contribution in [0.2, 0.25) is 5.02 Å². The molecule has 0 aliphatic carbocycles. The molecule has 0 saturated heterocycles. The number of rotatable bonds is 17. The second-order valence-corrected chi connectivity index (χ2v) is 15.0. The van der Waals surface area contributed by atoms with Crippen LogP contribution in [0.3, 0.4) is 0 Å². The van der Waals surface area contributed by atoms with Crippen LogP contribution in [0.4, 0.5) is 13.2 Å². The van der Waals surface area contributed by atoms with Gasteiger partial charge >= 0.3 is 24.1 Å². The van der Waals surface area contributed by atoms with Crippen LogP contribution in [0.1, 0.15) is 53.2 Å². The van der Waals surface area contributed by atoms with Crippen molar-refractivity contribution in [1.82, 2.24) is 4.90 Å². The summed E-state index contributed by atoms with van der Waals surface area (Å²) in [5, 5.41) is 37.7. The summed E-state index contributed by atoms with van der Waals surface area (Å²) in [7, 11) is 5.82. The Hall–Kier alpha value is -3.91. The number of hydrogen-bond donors (Lipinski definition) is 5. The maximum Gasteiger partial charge on any atom is 0.416 e. The van der Waals surface area contributed by atoms with Gasteiger partial charge in [-0.15, -0.1) is 22.7 Å². The van der Waals surface area contributed by atoms with Gasteiger partial charge in [-0.3, -0.25) is 9.59 Å². The van der Waals surface area contributed by atoms with Gasteiger partial charge in [-0.1, -0.05) is 23.7 Å². The molecule has 6 N–H and O–H groups in total. The molecule has 2 aromatic heterocycles. The van der Waals surface area contributed by atoms with E-state index in [1.807, 2.05) is 41.8 Å². The molecule has 12 nitrogen and oxygen atoms in total. The molecule has 0 fully saturated rings. The summed E-state index contributed by atoms with van der Waals surface area (Å²) in [5.41, 5.74) is 2.01. The van der Waals surface area contributed by atoms with Gasteiger partial charge in [-0.25, -0.2) is 4.79 Å². The highest BCUT2D eigenvalue weighted by atomic mass is 79.9. The van der Waals surface area contributed by atoms with E-state index in [1.165, 1.54) is 22.3 Å². The summed E-state index contributed by atoms with van der Waals surface area (Å²) in [6.45, 7) is 1.37. The van der Waals surface area contributed by atoms with Gasteiger partial charge in [-0.05, 0) is 89.8 Å². The van der Waals surface area contributed by atoms with E-state index >= 15 is 0 Å². The van der Waals surface area contributed by atoms with Gasteiger partial charge in [0.15, 0.2) is 5.60 Å². The minimum Gasteiger partial charge on any atom is -0.497 e. The van der Waals surface area contributed by atoms with Crippen LogP contribution in [-0.4, -0.2) is 83.1 Å². The van der Waals surface area contributed by atoms with Gasteiger partial charge in [0, 0.05) is 34.8 Å². The standard InChI is InChI=1S/C16H20BrNO2S.C14H13ClF3NOS.C6H8O7/c1-18(2)9-7-15(16-14(17)8-10-21-16)20-13-6-4-5-12(11-13)19-3;15-10-8-9(14(16,17)18)3-4-11(10)20-12(5-6-19)13-2-1-7-21-13;7-3(8)1-6(13,5(11)12)2-4(9)10/h4-6,8,10-11,15H,7,9H2,1-3H3;1-4,7-8,12H,5-6,19H2;13H,1-2H2,(H,7,8)(H,9,10)(H,11,12). The highest BCUT2D eigenvalue weighted by Gasteiger charge is 2.40. The minimum atomic E-state index is -4.42. The third-order valence-corrected chi connectivity index (χ3v) is 10.4. The Morgan fingerprint density at radius 3 is 2.02 bits per heavy atom. The Labute approximate surface area is 337 Å². The van der Waals surface area contributed by atoms with E-state index in [-0.39, 0.29) is 23.0 Å². The molecule has 0 aliphatic heterocycles. The molecule has 2 unspecified atom stereocenters. The molecule has 302 valence electrons. The quantitative estimate of drug-likeness (QED) is 0.0684. The van der Waals surface area contributed by atoms with Gasteiger partial charge in [0.1, 0.15) is 29.5 Å². The van der Waals surface area contributed by atoms with Crippen LogP contribution in [0.5, 0.6) is 17.2 Å². The van der Waals surface area contributed by atoms with Crippen molar-refractivity contribution in [3.63, 3.8) is 0 Å². The summed E-state index contributed by atoms with van der Waals surface area (Å²) in [5.74, 6) is -3.16. The van der Waals surface area contributed by atoms with Gasteiger partial charge in [0.25, 0.3) is 0 Å². The monoisotopic (exact) mass is 896 g/mol. The Bertz CT molecular complexity index is 1800. The van der Waals surface area contributed by atoms with Crippen molar-refractivity contribution >= 4 is 68.1 Å². The fourth-order valence-corrected chi connectivity index (χ4v) is 7.22. The van der Waals surface area contributed by atoms with E-state index in [2.05, 4.69) is 46.4 Å². The summed E-state index contributed by atoms with van der Waals surface area (Å²) in [6.07, 6.45) is -5.50. The zero-order valence-corrected chi connectivity index (χ0v) is 33.8. The molecular weight excluding hydrogens is 857 g/mol. The van der Waals surface area contributed by atoms with Crippen molar-refractivity contribution in [3.05, 3.63) is 96.2 Å². The molecule has 2 aromatic carbocycles. The lowest BCUT2D eigenvalue weighted by atomic mass is 9.96. The molecule has 4 aromatic rings. The summed E-state index contributed by atoms with van der Waals surface area (Å²) >= 11 is 12.7. The summed E-state index contributed by atoms with van der Waals surface area (Å²) < 4.78 is 56.1. The second kappa shape index (κ2) is 22.6. The molecular formula is C36H41BrClF3N2O10S2. The Morgan fingerprint density at radius 2 is 1.55 bits per heavy atom. The topological polar surface area (TPSA) is 189 Å². The predicted molar refractivity (Wildman–Crippen MR) is 206 cm³/mol. The van der Waals surface area contributed by atoms with Crippen molar-refractivity contribution in [1.29, 1.82) is 0 Å². The van der Waals surface area contributed by atoms with Crippen LogP contribution < -0.4 is 19.9 Å². The van der Waals surface area contributed by atoms with Crippen LogP contribution in [-0.2, 0) is 20.6 Å². The number of carboxylic acids is 3. The molecule has 0 spiro atoms. The van der Waals surface area contributed by atoms with E-state index < -0.39 is 48.1 Å². The van der Waals surface area contributed by atoms with Gasteiger partial charge in [0.05, 0.1) is 35.4 Å². The number of alkyl halides is 3. The third kappa shape index (κ3) is 16.4.